The van der Waals surface area contributed by atoms with Crippen LogP contribution in [0.2, 0.25) is 0 Å². The lowest BCUT2D eigenvalue weighted by Crippen LogP contribution is -2.52. The lowest BCUT2D eigenvalue weighted by Gasteiger charge is -2.35. The fourth-order valence-electron chi connectivity index (χ4n) is 3.49. The van der Waals surface area contributed by atoms with Crippen molar-refractivity contribution < 1.29 is 14.4 Å². The molecule has 0 saturated carbocycles. The number of hydrogen-bond acceptors (Lipinski definition) is 5. The number of fused-ring (bicyclic) bond motifs is 1. The molecule has 136 valence electrons. The molecule has 2 aliphatic rings. The number of nitrogens with zero attached hydrogens (tertiary/aromatic N) is 2. The average molecular weight is 364 g/mol. The van der Waals surface area contributed by atoms with Crippen LogP contribution in [0.4, 0.5) is 4.79 Å². The molecule has 0 aliphatic carbocycles. The highest BCUT2D eigenvalue weighted by atomic mass is 32.1. The van der Waals surface area contributed by atoms with Crippen LogP contribution in [0.1, 0.15) is 50.1 Å². The van der Waals surface area contributed by atoms with Crippen molar-refractivity contribution in [2.24, 2.45) is 0 Å². The Hall–Kier alpha value is -1.93. The van der Waals surface area contributed by atoms with Gasteiger partial charge in [-0.1, -0.05) is 13.8 Å². The second kappa shape index (κ2) is 6.76. The summed E-state index contributed by atoms with van der Waals surface area (Å²) in [7, 11) is 0. The molecule has 0 radical (unpaired) electrons. The Morgan fingerprint density at radius 1 is 1.44 bits per heavy atom. The van der Waals surface area contributed by atoms with Crippen molar-refractivity contribution in [1.82, 2.24) is 20.7 Å². The fraction of sp³-hybridized carbons (Fsp3) is 0.588. The number of hydrazine groups is 1. The second-order valence-electron chi connectivity index (χ2n) is 6.73. The van der Waals surface area contributed by atoms with Gasteiger partial charge >= 0.3 is 6.03 Å². The predicted molar refractivity (Wildman–Crippen MR) is 94.8 cm³/mol. The molecule has 8 heteroatoms. The number of carbonyl (C=O) groups is 3. The number of hydrogen-bond donors (Lipinski definition) is 2. The Kier molecular flexibility index (Phi) is 4.83. The lowest BCUT2D eigenvalue weighted by molar-refractivity contribution is -0.139. The van der Waals surface area contributed by atoms with Crippen LogP contribution in [0.25, 0.3) is 0 Å². The van der Waals surface area contributed by atoms with Gasteiger partial charge in [0.15, 0.2) is 0 Å². The number of thiophene rings is 1. The third-order valence-corrected chi connectivity index (χ3v) is 6.14. The average Bonchev–Trinajstić information content (AvgIpc) is 3.14. The van der Waals surface area contributed by atoms with Gasteiger partial charge in [-0.05, 0) is 43.2 Å². The SMILES string of the molecule is CCC1c2ccsc2CCN1CC(=O)NN1C(=O)NC(C)(CC)C1=O. The van der Waals surface area contributed by atoms with Gasteiger partial charge in [-0.25, -0.2) is 4.79 Å². The molecule has 3 rings (SSSR count). The molecule has 0 bridgehead atoms. The van der Waals surface area contributed by atoms with Gasteiger partial charge in [0.05, 0.1) is 6.54 Å². The third-order valence-electron chi connectivity index (χ3n) is 5.14. The maximum absolute atomic E-state index is 12.4. The Morgan fingerprint density at radius 2 is 2.20 bits per heavy atom. The Labute approximate surface area is 151 Å². The summed E-state index contributed by atoms with van der Waals surface area (Å²) >= 11 is 1.76. The van der Waals surface area contributed by atoms with Crippen LogP contribution >= 0.6 is 11.3 Å². The van der Waals surface area contributed by atoms with E-state index in [9.17, 15) is 14.4 Å². The first-order valence-electron chi connectivity index (χ1n) is 8.66. The molecule has 2 N–H and O–H groups in total. The van der Waals surface area contributed by atoms with Crippen LogP contribution in [0.15, 0.2) is 11.4 Å². The van der Waals surface area contributed by atoms with Gasteiger partial charge in [-0.15, -0.1) is 11.3 Å². The first-order valence-corrected chi connectivity index (χ1v) is 9.54. The number of urea groups is 1. The summed E-state index contributed by atoms with van der Waals surface area (Å²) in [5, 5.41) is 5.53. The summed E-state index contributed by atoms with van der Waals surface area (Å²) in [4.78, 5) is 40.3. The minimum absolute atomic E-state index is 0.160. The van der Waals surface area contributed by atoms with E-state index < -0.39 is 17.5 Å². The van der Waals surface area contributed by atoms with Gasteiger partial charge < -0.3 is 5.32 Å². The highest BCUT2D eigenvalue weighted by Gasteiger charge is 2.47. The number of amides is 4. The van der Waals surface area contributed by atoms with Crippen molar-refractivity contribution in [3.63, 3.8) is 0 Å². The topological polar surface area (TPSA) is 81.8 Å². The quantitative estimate of drug-likeness (QED) is 0.781. The molecule has 25 heavy (non-hydrogen) atoms. The zero-order chi connectivity index (χ0) is 18.2. The van der Waals surface area contributed by atoms with Crippen molar-refractivity contribution >= 4 is 29.2 Å². The van der Waals surface area contributed by atoms with Crippen molar-refractivity contribution in [2.45, 2.75) is 51.6 Å². The number of carbonyl (C=O) groups excluding carboxylic acids is 3. The van der Waals surface area contributed by atoms with Gasteiger partial charge in [0.25, 0.3) is 11.8 Å². The summed E-state index contributed by atoms with van der Waals surface area (Å²) in [6, 6.07) is 1.75. The van der Waals surface area contributed by atoms with Crippen LogP contribution < -0.4 is 10.7 Å². The first-order chi connectivity index (χ1) is 11.9. The smallest absolute Gasteiger partial charge is 0.322 e. The van der Waals surface area contributed by atoms with Crippen molar-refractivity contribution in [3.8, 4) is 0 Å². The summed E-state index contributed by atoms with van der Waals surface area (Å²) in [5.74, 6) is -0.764. The fourth-order valence-corrected chi connectivity index (χ4v) is 4.41. The van der Waals surface area contributed by atoms with Crippen LogP contribution in [-0.4, -0.2) is 46.4 Å². The molecule has 2 aliphatic heterocycles. The van der Waals surface area contributed by atoms with E-state index in [0.717, 1.165) is 24.4 Å². The Bertz CT molecular complexity index is 704. The summed E-state index contributed by atoms with van der Waals surface area (Å²) in [6.45, 7) is 6.54. The van der Waals surface area contributed by atoms with E-state index in [1.807, 2.05) is 6.92 Å². The summed E-state index contributed by atoms with van der Waals surface area (Å²) in [6.07, 6.45) is 2.30. The second-order valence-corrected chi connectivity index (χ2v) is 7.74. The van der Waals surface area contributed by atoms with Gasteiger partial charge in [-0.2, -0.15) is 5.01 Å². The molecule has 1 saturated heterocycles. The van der Waals surface area contributed by atoms with Gasteiger partial charge in [0.2, 0.25) is 0 Å². The molecule has 1 aromatic rings. The zero-order valence-electron chi connectivity index (χ0n) is 14.8. The minimum atomic E-state index is -0.951. The first kappa shape index (κ1) is 17.9. The number of nitrogens with one attached hydrogen (secondary N) is 2. The van der Waals surface area contributed by atoms with Gasteiger partial charge in [0.1, 0.15) is 5.54 Å². The Balaban J connectivity index is 1.65. The lowest BCUT2D eigenvalue weighted by atomic mass is 9.98. The normalized spacial score (nSPS) is 26.5. The van der Waals surface area contributed by atoms with E-state index in [1.165, 1.54) is 10.4 Å². The minimum Gasteiger partial charge on any atom is -0.322 e. The van der Waals surface area contributed by atoms with Crippen LogP contribution in [0.5, 0.6) is 0 Å². The Morgan fingerprint density at radius 3 is 2.84 bits per heavy atom. The highest BCUT2D eigenvalue weighted by Crippen LogP contribution is 2.34. The van der Waals surface area contributed by atoms with E-state index in [2.05, 4.69) is 34.0 Å². The van der Waals surface area contributed by atoms with Gasteiger partial charge in [-0.3, -0.25) is 19.9 Å². The molecule has 2 atom stereocenters. The molecule has 1 aromatic heterocycles. The molecule has 7 nitrogen and oxygen atoms in total. The van der Waals surface area contributed by atoms with Crippen LogP contribution in [0, 0.1) is 0 Å². The molecular formula is C17H24N4O3S. The summed E-state index contributed by atoms with van der Waals surface area (Å²) < 4.78 is 0. The molecule has 0 spiro atoms. The van der Waals surface area contributed by atoms with Crippen molar-refractivity contribution in [3.05, 3.63) is 21.9 Å². The highest BCUT2D eigenvalue weighted by molar-refractivity contribution is 7.10. The molecule has 3 heterocycles. The predicted octanol–water partition coefficient (Wildman–Crippen LogP) is 1.81. The van der Waals surface area contributed by atoms with Crippen LogP contribution in [0.3, 0.4) is 0 Å². The van der Waals surface area contributed by atoms with E-state index >= 15 is 0 Å². The number of imide groups is 1. The molecule has 2 unspecified atom stereocenters. The molecule has 4 amide bonds. The van der Waals surface area contributed by atoms with Gasteiger partial charge in [0, 0.05) is 17.5 Å². The van der Waals surface area contributed by atoms with Crippen molar-refractivity contribution in [1.29, 1.82) is 0 Å². The summed E-state index contributed by atoms with van der Waals surface area (Å²) in [5.41, 5.74) is 2.81. The standard InChI is InChI=1S/C17H24N4O3S/c1-4-12-11-7-9-25-13(11)6-8-20(12)10-14(22)19-21-15(23)17(3,5-2)18-16(21)24/h7,9,12H,4-6,8,10H2,1-3H3,(H,18,24)(H,19,22). The third kappa shape index (κ3) is 3.16. The maximum Gasteiger partial charge on any atom is 0.344 e. The molecule has 0 aromatic carbocycles. The van der Waals surface area contributed by atoms with E-state index in [-0.39, 0.29) is 18.5 Å². The number of rotatable bonds is 5. The van der Waals surface area contributed by atoms with Crippen molar-refractivity contribution in [2.75, 3.05) is 13.1 Å². The monoisotopic (exact) mass is 364 g/mol. The molecule has 1 fully saturated rings. The zero-order valence-corrected chi connectivity index (χ0v) is 15.6. The molecular weight excluding hydrogens is 340 g/mol. The van der Waals surface area contributed by atoms with E-state index in [4.69, 9.17) is 0 Å². The van der Waals surface area contributed by atoms with Crippen LogP contribution in [-0.2, 0) is 16.0 Å². The largest absolute Gasteiger partial charge is 0.344 e. The maximum atomic E-state index is 12.4. The van der Waals surface area contributed by atoms with E-state index in [1.54, 1.807) is 18.3 Å². The van der Waals surface area contributed by atoms with E-state index in [0.29, 0.717) is 6.42 Å².